The summed E-state index contributed by atoms with van der Waals surface area (Å²) < 4.78 is 0. The average molecular weight is 200 g/mol. The van der Waals surface area contributed by atoms with Gasteiger partial charge >= 0.3 is 0 Å². The standard InChI is InChI=1S/C11H24N2O/c1-5-11(4,8-12)10(14)13-7-6-9(2)3/h9H,5-8,12H2,1-4H3,(H,13,14). The van der Waals surface area contributed by atoms with E-state index in [1.165, 1.54) is 0 Å². The number of amides is 1. The molecule has 0 aliphatic rings. The molecule has 0 aliphatic heterocycles. The van der Waals surface area contributed by atoms with Crippen molar-refractivity contribution in [1.29, 1.82) is 0 Å². The van der Waals surface area contributed by atoms with Gasteiger partial charge in [-0.3, -0.25) is 4.79 Å². The molecule has 0 rings (SSSR count). The van der Waals surface area contributed by atoms with Crippen molar-refractivity contribution in [1.82, 2.24) is 5.32 Å². The topological polar surface area (TPSA) is 55.1 Å². The van der Waals surface area contributed by atoms with Gasteiger partial charge in [0.2, 0.25) is 5.91 Å². The number of rotatable bonds is 6. The van der Waals surface area contributed by atoms with Crippen LogP contribution < -0.4 is 11.1 Å². The molecule has 0 saturated carbocycles. The molecule has 1 amide bonds. The zero-order chi connectivity index (χ0) is 11.2. The number of hydrogen-bond acceptors (Lipinski definition) is 2. The highest BCUT2D eigenvalue weighted by molar-refractivity contribution is 5.82. The Bertz CT molecular complexity index is 174. The van der Waals surface area contributed by atoms with Gasteiger partial charge in [0.1, 0.15) is 0 Å². The van der Waals surface area contributed by atoms with Crippen LogP contribution in [0.1, 0.15) is 40.5 Å². The zero-order valence-corrected chi connectivity index (χ0v) is 9.89. The molecule has 0 spiro atoms. The van der Waals surface area contributed by atoms with Gasteiger partial charge in [0.05, 0.1) is 5.41 Å². The first-order valence-electron chi connectivity index (χ1n) is 5.44. The van der Waals surface area contributed by atoms with Gasteiger partial charge in [-0.1, -0.05) is 20.8 Å². The summed E-state index contributed by atoms with van der Waals surface area (Å²) in [6.45, 7) is 9.37. The SMILES string of the molecule is CCC(C)(CN)C(=O)NCCC(C)C. The van der Waals surface area contributed by atoms with Crippen molar-refractivity contribution >= 4 is 5.91 Å². The molecule has 3 N–H and O–H groups in total. The van der Waals surface area contributed by atoms with Gasteiger partial charge in [-0.2, -0.15) is 0 Å². The predicted molar refractivity (Wildman–Crippen MR) is 59.9 cm³/mol. The maximum atomic E-state index is 11.7. The van der Waals surface area contributed by atoms with Crippen LogP contribution in [-0.4, -0.2) is 19.0 Å². The lowest BCUT2D eigenvalue weighted by Gasteiger charge is -2.25. The van der Waals surface area contributed by atoms with Crippen molar-refractivity contribution < 1.29 is 4.79 Å². The molecule has 0 aromatic rings. The second-order valence-corrected chi connectivity index (χ2v) is 4.56. The number of carbonyl (C=O) groups is 1. The van der Waals surface area contributed by atoms with Crippen molar-refractivity contribution in [2.45, 2.75) is 40.5 Å². The second-order valence-electron chi connectivity index (χ2n) is 4.56. The van der Waals surface area contributed by atoms with E-state index in [1.54, 1.807) is 0 Å². The highest BCUT2D eigenvalue weighted by Gasteiger charge is 2.28. The van der Waals surface area contributed by atoms with Crippen LogP contribution >= 0.6 is 0 Å². The largest absolute Gasteiger partial charge is 0.356 e. The maximum absolute atomic E-state index is 11.7. The number of nitrogens with two attached hydrogens (primary N) is 1. The van der Waals surface area contributed by atoms with E-state index in [-0.39, 0.29) is 5.91 Å². The average Bonchev–Trinajstić information content (AvgIpc) is 2.15. The van der Waals surface area contributed by atoms with Gasteiger partial charge < -0.3 is 11.1 Å². The molecular weight excluding hydrogens is 176 g/mol. The van der Waals surface area contributed by atoms with Gasteiger partial charge in [0, 0.05) is 13.1 Å². The molecule has 0 heterocycles. The minimum Gasteiger partial charge on any atom is -0.356 e. The molecule has 0 bridgehead atoms. The Hall–Kier alpha value is -0.570. The predicted octanol–water partition coefficient (Wildman–Crippen LogP) is 1.52. The fraction of sp³-hybridized carbons (Fsp3) is 0.909. The van der Waals surface area contributed by atoms with Crippen LogP contribution in [0.3, 0.4) is 0 Å². The molecule has 0 aromatic carbocycles. The molecule has 0 fully saturated rings. The van der Waals surface area contributed by atoms with Crippen molar-refractivity contribution in [2.75, 3.05) is 13.1 Å². The zero-order valence-electron chi connectivity index (χ0n) is 9.89. The van der Waals surface area contributed by atoms with E-state index in [0.29, 0.717) is 12.5 Å². The van der Waals surface area contributed by atoms with Crippen LogP contribution in [0.25, 0.3) is 0 Å². The van der Waals surface area contributed by atoms with Crippen molar-refractivity contribution in [3.05, 3.63) is 0 Å². The summed E-state index contributed by atoms with van der Waals surface area (Å²) in [5.41, 5.74) is 5.20. The lowest BCUT2D eigenvalue weighted by Crippen LogP contribution is -2.43. The van der Waals surface area contributed by atoms with Crippen LogP contribution in [0.4, 0.5) is 0 Å². The highest BCUT2D eigenvalue weighted by Crippen LogP contribution is 2.18. The summed E-state index contributed by atoms with van der Waals surface area (Å²) >= 11 is 0. The Balaban J connectivity index is 3.94. The third kappa shape index (κ3) is 4.09. The summed E-state index contributed by atoms with van der Waals surface area (Å²) in [5, 5.41) is 2.94. The van der Waals surface area contributed by atoms with Gasteiger partial charge in [-0.15, -0.1) is 0 Å². The monoisotopic (exact) mass is 200 g/mol. The number of carbonyl (C=O) groups excluding carboxylic acids is 1. The van der Waals surface area contributed by atoms with E-state index in [0.717, 1.165) is 19.4 Å². The number of nitrogens with one attached hydrogen (secondary N) is 1. The molecule has 1 atom stereocenters. The van der Waals surface area contributed by atoms with Crippen molar-refractivity contribution in [3.63, 3.8) is 0 Å². The molecule has 1 unspecified atom stereocenters. The molecule has 3 heteroatoms. The second kappa shape index (κ2) is 6.02. The first-order valence-corrected chi connectivity index (χ1v) is 5.44. The minimum absolute atomic E-state index is 0.0863. The van der Waals surface area contributed by atoms with Crippen LogP contribution in [-0.2, 0) is 4.79 Å². The molecule has 0 aliphatic carbocycles. The molecule has 84 valence electrons. The summed E-state index contributed by atoms with van der Waals surface area (Å²) in [6.07, 6.45) is 1.81. The fourth-order valence-electron chi connectivity index (χ4n) is 1.09. The number of hydrogen-bond donors (Lipinski definition) is 2. The Morgan fingerprint density at radius 3 is 2.43 bits per heavy atom. The molecule has 0 radical (unpaired) electrons. The van der Waals surface area contributed by atoms with Gasteiger partial charge in [0.15, 0.2) is 0 Å². The Morgan fingerprint density at radius 2 is 2.07 bits per heavy atom. The fourth-order valence-corrected chi connectivity index (χ4v) is 1.09. The third-order valence-corrected chi connectivity index (χ3v) is 2.79. The van der Waals surface area contributed by atoms with E-state index < -0.39 is 5.41 Å². The van der Waals surface area contributed by atoms with Crippen molar-refractivity contribution in [2.24, 2.45) is 17.1 Å². The third-order valence-electron chi connectivity index (χ3n) is 2.79. The normalized spacial score (nSPS) is 15.3. The van der Waals surface area contributed by atoms with Crippen LogP contribution in [0, 0.1) is 11.3 Å². The first-order chi connectivity index (χ1) is 6.46. The summed E-state index contributed by atoms with van der Waals surface area (Å²) in [5.74, 6) is 0.712. The molecule has 3 nitrogen and oxygen atoms in total. The van der Waals surface area contributed by atoms with Crippen LogP contribution in [0.2, 0.25) is 0 Å². The lowest BCUT2D eigenvalue weighted by molar-refractivity contribution is -0.129. The molecule has 0 saturated heterocycles. The maximum Gasteiger partial charge on any atom is 0.227 e. The van der Waals surface area contributed by atoms with Gasteiger partial charge in [-0.25, -0.2) is 0 Å². The van der Waals surface area contributed by atoms with E-state index in [9.17, 15) is 4.79 Å². The summed E-state index contributed by atoms with van der Waals surface area (Å²) in [7, 11) is 0. The van der Waals surface area contributed by atoms with E-state index >= 15 is 0 Å². The van der Waals surface area contributed by atoms with E-state index in [2.05, 4.69) is 19.2 Å². The highest BCUT2D eigenvalue weighted by atomic mass is 16.2. The molecule has 14 heavy (non-hydrogen) atoms. The Kier molecular flexibility index (Phi) is 5.77. The van der Waals surface area contributed by atoms with Gasteiger partial charge in [0.25, 0.3) is 0 Å². The summed E-state index contributed by atoms with van der Waals surface area (Å²) in [6, 6.07) is 0. The molecular formula is C11H24N2O. The Morgan fingerprint density at radius 1 is 1.50 bits per heavy atom. The van der Waals surface area contributed by atoms with Crippen LogP contribution in [0.15, 0.2) is 0 Å². The Labute approximate surface area is 87.4 Å². The molecule has 0 aromatic heterocycles. The summed E-state index contributed by atoms with van der Waals surface area (Å²) in [4.78, 5) is 11.7. The van der Waals surface area contributed by atoms with E-state index in [4.69, 9.17) is 5.73 Å². The first kappa shape index (κ1) is 13.4. The smallest absolute Gasteiger partial charge is 0.227 e. The van der Waals surface area contributed by atoms with Gasteiger partial charge in [-0.05, 0) is 25.7 Å². The lowest BCUT2D eigenvalue weighted by atomic mass is 9.86. The quantitative estimate of drug-likeness (QED) is 0.683. The van der Waals surface area contributed by atoms with Crippen molar-refractivity contribution in [3.8, 4) is 0 Å². The van der Waals surface area contributed by atoms with Crippen LogP contribution in [0.5, 0.6) is 0 Å². The minimum atomic E-state index is -0.392. The van der Waals surface area contributed by atoms with E-state index in [1.807, 2.05) is 13.8 Å².